The molecule has 0 bridgehead atoms. The second-order valence-electron chi connectivity index (χ2n) is 4.41. The molecule has 0 aromatic carbocycles. The summed E-state index contributed by atoms with van der Waals surface area (Å²) in [5.41, 5.74) is 0. The molecule has 0 amide bonds. The molecule has 0 radical (unpaired) electrons. The first-order chi connectivity index (χ1) is 6.40. The van der Waals surface area contributed by atoms with Gasteiger partial charge in [-0.2, -0.15) is 0 Å². The van der Waals surface area contributed by atoms with E-state index in [0.717, 1.165) is 6.42 Å². The topological polar surface area (TPSA) is 40.5 Å². The maximum Gasteiger partial charge on any atom is 0.320 e. The summed E-state index contributed by atoms with van der Waals surface area (Å²) in [6, 6.07) is -0.0141. The normalized spacial score (nSPS) is 15.9. The lowest BCUT2D eigenvalue weighted by molar-refractivity contribution is -0.143. The first kappa shape index (κ1) is 13.4. The van der Waals surface area contributed by atoms with Gasteiger partial charge in [-0.15, -0.1) is 0 Å². The van der Waals surface area contributed by atoms with Crippen LogP contribution in [0.25, 0.3) is 0 Å². The molecule has 0 rings (SSSR count). The number of carbonyl (C=O) groups is 1. The van der Waals surface area contributed by atoms with E-state index in [1.807, 2.05) is 18.9 Å². The first-order valence-corrected chi connectivity index (χ1v) is 5.34. The van der Waals surface area contributed by atoms with Crippen LogP contribution in [-0.2, 0) is 4.79 Å². The Kier molecular flexibility index (Phi) is 5.77. The van der Waals surface area contributed by atoms with Crippen LogP contribution in [0.15, 0.2) is 0 Å². The molecule has 0 aliphatic rings. The second-order valence-corrected chi connectivity index (χ2v) is 4.41. The Morgan fingerprint density at radius 1 is 1.36 bits per heavy atom. The zero-order chi connectivity index (χ0) is 11.3. The highest BCUT2D eigenvalue weighted by molar-refractivity contribution is 5.73. The molecule has 2 unspecified atom stereocenters. The average Bonchev–Trinajstić information content (AvgIpc) is 2.03. The highest BCUT2D eigenvalue weighted by Gasteiger charge is 2.24. The van der Waals surface area contributed by atoms with Crippen molar-refractivity contribution in [2.24, 2.45) is 5.92 Å². The molecule has 0 aromatic heterocycles. The van der Waals surface area contributed by atoms with Crippen LogP contribution < -0.4 is 0 Å². The van der Waals surface area contributed by atoms with Crippen molar-refractivity contribution in [1.82, 2.24) is 4.90 Å². The Hall–Kier alpha value is -0.570. The molecule has 0 saturated carbocycles. The van der Waals surface area contributed by atoms with Crippen molar-refractivity contribution in [3.05, 3.63) is 0 Å². The predicted octanol–water partition coefficient (Wildman–Crippen LogP) is 2.22. The van der Waals surface area contributed by atoms with Crippen molar-refractivity contribution < 1.29 is 9.90 Å². The van der Waals surface area contributed by atoms with Gasteiger partial charge in [0, 0.05) is 6.04 Å². The number of likely N-dealkylation sites (N-methyl/N-ethyl adjacent to an activating group) is 1. The minimum atomic E-state index is -0.717. The number of carboxylic acid groups (broad SMARTS) is 1. The van der Waals surface area contributed by atoms with Gasteiger partial charge in [0.1, 0.15) is 6.04 Å². The van der Waals surface area contributed by atoms with Crippen LogP contribution in [0.5, 0.6) is 0 Å². The maximum absolute atomic E-state index is 10.9. The average molecular weight is 201 g/mol. The van der Waals surface area contributed by atoms with Gasteiger partial charge in [-0.05, 0) is 32.7 Å². The van der Waals surface area contributed by atoms with Crippen LogP contribution in [0.3, 0.4) is 0 Å². The molecular formula is C11H23NO2. The summed E-state index contributed by atoms with van der Waals surface area (Å²) in [4.78, 5) is 12.9. The van der Waals surface area contributed by atoms with E-state index in [2.05, 4.69) is 20.8 Å². The van der Waals surface area contributed by atoms with Crippen molar-refractivity contribution in [3.63, 3.8) is 0 Å². The van der Waals surface area contributed by atoms with Crippen molar-refractivity contribution in [3.8, 4) is 0 Å². The quantitative estimate of drug-likeness (QED) is 0.716. The number of aliphatic carboxylic acids is 1. The standard InChI is InChI=1S/C11H23NO2/c1-6-10(11(13)14)12(5)9(4)7-8(2)3/h8-10H,6-7H2,1-5H3,(H,13,14). The molecule has 0 saturated heterocycles. The van der Waals surface area contributed by atoms with E-state index in [4.69, 9.17) is 5.11 Å². The third kappa shape index (κ3) is 4.09. The fourth-order valence-electron chi connectivity index (χ4n) is 1.79. The molecule has 0 spiro atoms. The zero-order valence-electron chi connectivity index (χ0n) is 9.95. The fourth-order valence-corrected chi connectivity index (χ4v) is 1.79. The first-order valence-electron chi connectivity index (χ1n) is 5.34. The largest absolute Gasteiger partial charge is 0.480 e. The number of rotatable bonds is 6. The highest BCUT2D eigenvalue weighted by atomic mass is 16.4. The summed E-state index contributed by atoms with van der Waals surface area (Å²) in [6.07, 6.45) is 1.70. The third-order valence-corrected chi connectivity index (χ3v) is 2.67. The molecule has 0 fully saturated rings. The summed E-state index contributed by atoms with van der Waals surface area (Å²) in [6.45, 7) is 8.32. The lowest BCUT2D eigenvalue weighted by Gasteiger charge is -2.30. The Bertz CT molecular complexity index is 180. The Balaban J connectivity index is 4.26. The van der Waals surface area contributed by atoms with E-state index < -0.39 is 5.97 Å². The van der Waals surface area contributed by atoms with Crippen LogP contribution in [0.2, 0.25) is 0 Å². The summed E-state index contributed by atoms with van der Waals surface area (Å²) < 4.78 is 0. The van der Waals surface area contributed by atoms with Crippen molar-refractivity contribution in [2.45, 2.75) is 52.6 Å². The van der Waals surface area contributed by atoms with E-state index in [0.29, 0.717) is 18.4 Å². The van der Waals surface area contributed by atoms with Gasteiger partial charge >= 0.3 is 5.97 Å². The Morgan fingerprint density at radius 3 is 2.14 bits per heavy atom. The van der Waals surface area contributed by atoms with Crippen LogP contribution in [0, 0.1) is 5.92 Å². The number of carboxylic acids is 1. The molecule has 84 valence electrons. The third-order valence-electron chi connectivity index (χ3n) is 2.67. The van der Waals surface area contributed by atoms with E-state index in [-0.39, 0.29) is 6.04 Å². The van der Waals surface area contributed by atoms with E-state index in [1.54, 1.807) is 0 Å². The van der Waals surface area contributed by atoms with E-state index >= 15 is 0 Å². The molecule has 14 heavy (non-hydrogen) atoms. The van der Waals surface area contributed by atoms with Gasteiger partial charge in [0.2, 0.25) is 0 Å². The molecule has 0 heterocycles. The fraction of sp³-hybridized carbons (Fsp3) is 0.909. The van der Waals surface area contributed by atoms with Gasteiger partial charge < -0.3 is 5.11 Å². The van der Waals surface area contributed by atoms with Gasteiger partial charge in [0.25, 0.3) is 0 Å². The summed E-state index contributed by atoms with van der Waals surface area (Å²) in [7, 11) is 1.90. The Morgan fingerprint density at radius 2 is 1.86 bits per heavy atom. The Labute approximate surface area is 87.1 Å². The summed E-state index contributed by atoms with van der Waals surface area (Å²) in [5, 5.41) is 8.99. The number of nitrogens with zero attached hydrogens (tertiary/aromatic N) is 1. The lowest BCUT2D eigenvalue weighted by Crippen LogP contribution is -2.43. The minimum Gasteiger partial charge on any atom is -0.480 e. The molecule has 0 aliphatic heterocycles. The van der Waals surface area contributed by atoms with E-state index in [9.17, 15) is 4.79 Å². The van der Waals surface area contributed by atoms with Crippen LogP contribution in [-0.4, -0.2) is 35.1 Å². The van der Waals surface area contributed by atoms with Crippen LogP contribution in [0.4, 0.5) is 0 Å². The summed E-state index contributed by atoms with van der Waals surface area (Å²) >= 11 is 0. The number of hydrogen-bond acceptors (Lipinski definition) is 2. The minimum absolute atomic E-state index is 0.330. The molecule has 3 heteroatoms. The second kappa shape index (κ2) is 6.02. The molecule has 0 aliphatic carbocycles. The highest BCUT2D eigenvalue weighted by Crippen LogP contribution is 2.14. The number of hydrogen-bond donors (Lipinski definition) is 1. The maximum atomic E-state index is 10.9. The smallest absolute Gasteiger partial charge is 0.320 e. The van der Waals surface area contributed by atoms with Crippen molar-refractivity contribution in [1.29, 1.82) is 0 Å². The van der Waals surface area contributed by atoms with Crippen molar-refractivity contribution in [2.75, 3.05) is 7.05 Å². The van der Waals surface area contributed by atoms with Gasteiger partial charge in [-0.3, -0.25) is 9.69 Å². The van der Waals surface area contributed by atoms with Crippen LogP contribution in [0.1, 0.15) is 40.5 Å². The predicted molar refractivity (Wildman–Crippen MR) is 58.4 cm³/mol. The van der Waals surface area contributed by atoms with Gasteiger partial charge in [0.05, 0.1) is 0 Å². The summed E-state index contributed by atoms with van der Waals surface area (Å²) in [5.74, 6) is -0.107. The van der Waals surface area contributed by atoms with E-state index in [1.165, 1.54) is 0 Å². The van der Waals surface area contributed by atoms with Crippen LogP contribution >= 0.6 is 0 Å². The molecule has 2 atom stereocenters. The SMILES string of the molecule is CCC(C(=O)O)N(C)C(C)CC(C)C. The lowest BCUT2D eigenvalue weighted by atomic mass is 10.0. The van der Waals surface area contributed by atoms with Gasteiger partial charge in [-0.25, -0.2) is 0 Å². The molecule has 0 aromatic rings. The molecular weight excluding hydrogens is 178 g/mol. The zero-order valence-corrected chi connectivity index (χ0v) is 9.95. The van der Waals surface area contributed by atoms with Gasteiger partial charge in [-0.1, -0.05) is 20.8 Å². The van der Waals surface area contributed by atoms with Crippen molar-refractivity contribution >= 4 is 5.97 Å². The molecule has 1 N–H and O–H groups in total. The molecule has 3 nitrogen and oxygen atoms in total. The van der Waals surface area contributed by atoms with Gasteiger partial charge in [0.15, 0.2) is 0 Å². The monoisotopic (exact) mass is 201 g/mol.